The lowest BCUT2D eigenvalue weighted by Gasteiger charge is -2.35. The number of anilines is 3. The van der Waals surface area contributed by atoms with Crippen LogP contribution in [0.2, 0.25) is 0 Å². The molecular weight excluding hydrogens is 807 g/mol. The van der Waals surface area contributed by atoms with Crippen molar-refractivity contribution in [3.63, 3.8) is 0 Å². The van der Waals surface area contributed by atoms with Crippen molar-refractivity contribution in [3.05, 3.63) is 267 Å². The van der Waals surface area contributed by atoms with Crippen LogP contribution in [0.25, 0.3) is 33.4 Å². The van der Waals surface area contributed by atoms with Gasteiger partial charge in [0.1, 0.15) is 0 Å². The normalized spacial score (nSPS) is 14.5. The Bertz CT molecular complexity index is 3320. The van der Waals surface area contributed by atoms with Crippen molar-refractivity contribution >= 4 is 17.1 Å². The molecule has 67 heavy (non-hydrogen) atoms. The van der Waals surface area contributed by atoms with Crippen LogP contribution in [0.1, 0.15) is 108 Å². The van der Waals surface area contributed by atoms with Crippen LogP contribution in [0.5, 0.6) is 0 Å². The zero-order valence-corrected chi connectivity index (χ0v) is 40.0. The van der Waals surface area contributed by atoms with Gasteiger partial charge in [0.25, 0.3) is 0 Å². The maximum absolute atomic E-state index is 2.53. The lowest BCUT2D eigenvalue weighted by Crippen LogP contribution is -2.29. The van der Waals surface area contributed by atoms with E-state index < -0.39 is 10.8 Å². The fourth-order valence-corrected chi connectivity index (χ4v) is 12.1. The predicted molar refractivity (Wildman–Crippen MR) is 282 cm³/mol. The summed E-state index contributed by atoms with van der Waals surface area (Å²) in [4.78, 5) is 2.50. The zero-order chi connectivity index (χ0) is 46.0. The summed E-state index contributed by atoms with van der Waals surface area (Å²) in [5, 5.41) is 0. The number of rotatable bonds is 5. The summed E-state index contributed by atoms with van der Waals surface area (Å²) in [5.74, 6) is 0. The highest BCUT2D eigenvalue weighted by molar-refractivity contribution is 5.97. The highest BCUT2D eigenvalue weighted by Crippen LogP contribution is 2.64. The Balaban J connectivity index is 1.12. The number of aryl methyl sites for hydroxylation is 2. The molecule has 1 heteroatoms. The van der Waals surface area contributed by atoms with E-state index in [0.717, 1.165) is 17.1 Å². The summed E-state index contributed by atoms with van der Waals surface area (Å²) in [6, 6.07) is 77.0. The Kier molecular flexibility index (Phi) is 9.01. The van der Waals surface area contributed by atoms with Gasteiger partial charge in [-0.3, -0.25) is 0 Å². The molecule has 9 aromatic carbocycles. The molecule has 0 aliphatic heterocycles. The van der Waals surface area contributed by atoms with E-state index in [1.165, 1.54) is 100 Å². The van der Waals surface area contributed by atoms with Gasteiger partial charge in [-0.2, -0.15) is 0 Å². The van der Waals surface area contributed by atoms with Gasteiger partial charge in [0, 0.05) is 17.1 Å². The molecule has 3 aliphatic carbocycles. The van der Waals surface area contributed by atoms with Crippen LogP contribution in [0.15, 0.2) is 200 Å². The van der Waals surface area contributed by atoms with E-state index in [1.54, 1.807) is 0 Å². The molecule has 9 aromatic rings. The van der Waals surface area contributed by atoms with Crippen LogP contribution in [0.3, 0.4) is 0 Å². The number of para-hydroxylation sites is 1. The van der Waals surface area contributed by atoms with E-state index in [2.05, 4.69) is 260 Å². The second-order valence-electron chi connectivity index (χ2n) is 21.5. The summed E-state index contributed by atoms with van der Waals surface area (Å²) >= 11 is 0. The van der Waals surface area contributed by atoms with Gasteiger partial charge < -0.3 is 4.90 Å². The van der Waals surface area contributed by atoms with Crippen molar-refractivity contribution in [1.82, 2.24) is 0 Å². The topological polar surface area (TPSA) is 3.24 Å². The molecule has 0 radical (unpaired) electrons. The minimum absolute atomic E-state index is 0.00908. The number of fused-ring (bicyclic) bond motifs is 13. The highest BCUT2D eigenvalue weighted by Gasteiger charge is 2.52. The van der Waals surface area contributed by atoms with Gasteiger partial charge in [-0.25, -0.2) is 0 Å². The maximum atomic E-state index is 2.53. The molecule has 0 fully saturated rings. The number of nitrogens with zero attached hydrogens (tertiary/aromatic N) is 1. The van der Waals surface area contributed by atoms with Crippen molar-refractivity contribution < 1.29 is 0 Å². The standard InChI is InChI=1S/C66H57N/c1-42-22-26-44(27-23-42)65(45-28-24-43(2)25-29-45)57-20-14-12-18-51(57)53-34-32-49(40-61(53)65)67(48-16-10-9-11-17-48)50-33-35-54-52-19-13-15-21-58(52)66(62(54)41-50)59-36-30-46(63(3,4)5)38-55(59)56-39-47(64(6,7)8)31-37-60(56)66/h9-41H,1-8H3. The van der Waals surface area contributed by atoms with Crippen molar-refractivity contribution in [1.29, 1.82) is 0 Å². The molecule has 0 atom stereocenters. The summed E-state index contributed by atoms with van der Waals surface area (Å²) in [7, 11) is 0. The molecule has 1 nitrogen and oxygen atoms in total. The van der Waals surface area contributed by atoms with Crippen LogP contribution >= 0.6 is 0 Å². The molecule has 0 amide bonds. The van der Waals surface area contributed by atoms with E-state index in [4.69, 9.17) is 0 Å². The van der Waals surface area contributed by atoms with Gasteiger partial charge in [0.15, 0.2) is 0 Å². The van der Waals surface area contributed by atoms with E-state index in [9.17, 15) is 0 Å². The van der Waals surface area contributed by atoms with Crippen LogP contribution < -0.4 is 4.90 Å². The molecule has 0 bridgehead atoms. The van der Waals surface area contributed by atoms with Gasteiger partial charge in [0.05, 0.1) is 10.8 Å². The SMILES string of the molecule is Cc1ccc(C2(c3ccc(C)cc3)c3ccccc3-c3ccc(N(c4ccccc4)c4ccc5c(c4)C4(c6ccccc6-5)c5ccc(C(C)(C)C)cc5-c5cc(C(C)(C)C)ccc54)cc32)cc1. The Labute approximate surface area is 397 Å². The third kappa shape index (κ3) is 5.93. The minimum Gasteiger partial charge on any atom is -0.310 e. The zero-order valence-electron chi connectivity index (χ0n) is 40.0. The van der Waals surface area contributed by atoms with Crippen LogP contribution in [-0.4, -0.2) is 0 Å². The Morgan fingerprint density at radius 2 is 0.687 bits per heavy atom. The molecule has 0 N–H and O–H groups in total. The largest absolute Gasteiger partial charge is 0.310 e. The molecule has 0 saturated heterocycles. The molecule has 0 heterocycles. The average molecular weight is 864 g/mol. The molecule has 12 rings (SSSR count). The van der Waals surface area contributed by atoms with Gasteiger partial charge in [-0.15, -0.1) is 0 Å². The van der Waals surface area contributed by atoms with E-state index in [0.29, 0.717) is 0 Å². The maximum Gasteiger partial charge on any atom is 0.0726 e. The fourth-order valence-electron chi connectivity index (χ4n) is 12.1. The predicted octanol–water partition coefficient (Wildman–Crippen LogP) is 17.1. The van der Waals surface area contributed by atoms with E-state index in [1.807, 2.05) is 0 Å². The number of benzene rings is 9. The first-order valence-electron chi connectivity index (χ1n) is 24.1. The lowest BCUT2D eigenvalue weighted by molar-refractivity contribution is 0.589. The molecule has 0 unspecified atom stereocenters. The first-order chi connectivity index (χ1) is 32.3. The van der Waals surface area contributed by atoms with Crippen molar-refractivity contribution in [3.8, 4) is 33.4 Å². The van der Waals surface area contributed by atoms with Crippen molar-refractivity contribution in [2.75, 3.05) is 4.90 Å². The Morgan fingerprint density at radius 3 is 1.15 bits per heavy atom. The molecule has 0 saturated carbocycles. The summed E-state index contributed by atoms with van der Waals surface area (Å²) in [5.41, 5.74) is 26.1. The number of hydrogen-bond acceptors (Lipinski definition) is 1. The smallest absolute Gasteiger partial charge is 0.0726 e. The lowest BCUT2D eigenvalue weighted by atomic mass is 9.67. The molecule has 1 spiro atoms. The quantitative estimate of drug-likeness (QED) is 0.167. The Hall–Kier alpha value is -7.22. The van der Waals surface area contributed by atoms with Crippen LogP contribution in [-0.2, 0) is 21.7 Å². The van der Waals surface area contributed by atoms with Gasteiger partial charge in [0.2, 0.25) is 0 Å². The third-order valence-corrected chi connectivity index (χ3v) is 15.4. The second kappa shape index (κ2) is 14.6. The van der Waals surface area contributed by atoms with Gasteiger partial charge >= 0.3 is 0 Å². The average Bonchev–Trinajstić information content (AvgIpc) is 3.91. The first kappa shape index (κ1) is 41.2. The third-order valence-electron chi connectivity index (χ3n) is 15.4. The van der Waals surface area contributed by atoms with Crippen molar-refractivity contribution in [2.24, 2.45) is 0 Å². The van der Waals surface area contributed by atoms with E-state index >= 15 is 0 Å². The monoisotopic (exact) mass is 863 g/mol. The van der Waals surface area contributed by atoms with Gasteiger partial charge in [-0.1, -0.05) is 216 Å². The van der Waals surface area contributed by atoms with Gasteiger partial charge in [-0.05, 0) is 150 Å². The summed E-state index contributed by atoms with van der Waals surface area (Å²) in [6.45, 7) is 18.4. The Morgan fingerprint density at radius 1 is 0.299 bits per heavy atom. The minimum atomic E-state index is -0.523. The summed E-state index contributed by atoms with van der Waals surface area (Å²) < 4.78 is 0. The first-order valence-corrected chi connectivity index (χ1v) is 24.1. The molecular formula is C66H57N. The number of hydrogen-bond donors (Lipinski definition) is 0. The van der Waals surface area contributed by atoms with Crippen LogP contribution in [0.4, 0.5) is 17.1 Å². The summed E-state index contributed by atoms with van der Waals surface area (Å²) in [6.07, 6.45) is 0. The molecule has 0 aromatic heterocycles. The fraction of sp³-hybridized carbons (Fsp3) is 0.182. The molecule has 3 aliphatic rings. The highest BCUT2D eigenvalue weighted by atomic mass is 15.1. The van der Waals surface area contributed by atoms with Crippen LogP contribution in [0, 0.1) is 13.8 Å². The van der Waals surface area contributed by atoms with Crippen molar-refractivity contribution in [2.45, 2.75) is 77.0 Å². The second-order valence-corrected chi connectivity index (χ2v) is 21.5. The van der Waals surface area contributed by atoms with E-state index in [-0.39, 0.29) is 10.8 Å². The molecule has 326 valence electrons.